The van der Waals surface area contributed by atoms with Crippen LogP contribution < -0.4 is 15.4 Å². The average Bonchev–Trinajstić information content (AvgIpc) is 2.73. The molecule has 0 radical (unpaired) electrons. The number of amides is 2. The second-order valence-corrected chi connectivity index (χ2v) is 6.26. The third-order valence-corrected chi connectivity index (χ3v) is 3.99. The lowest BCUT2D eigenvalue weighted by atomic mass is 10.1. The molecule has 0 heterocycles. The van der Waals surface area contributed by atoms with Gasteiger partial charge >= 0.3 is 6.18 Å². The standard InChI is InChI=1S/C22H17F3N2O3/c23-22(24,25)16-5-4-6-18(13-16)27-21(29)15-9-11-17(12-10-15)26-20(28)14-30-19-7-2-1-3-8-19/h1-13H,14H2,(H,26,28)(H,27,29). The van der Waals surface area contributed by atoms with Crippen molar-refractivity contribution in [1.29, 1.82) is 0 Å². The number of benzene rings is 3. The Morgan fingerprint density at radius 1 is 0.800 bits per heavy atom. The molecule has 154 valence electrons. The van der Waals surface area contributed by atoms with Crippen LogP contribution in [0.15, 0.2) is 78.9 Å². The van der Waals surface area contributed by atoms with Crippen LogP contribution in [0, 0.1) is 0 Å². The Morgan fingerprint density at radius 2 is 1.50 bits per heavy atom. The zero-order valence-corrected chi connectivity index (χ0v) is 15.6. The van der Waals surface area contributed by atoms with Crippen LogP contribution in [-0.4, -0.2) is 18.4 Å². The fourth-order valence-corrected chi connectivity index (χ4v) is 2.54. The molecule has 3 aromatic rings. The highest BCUT2D eigenvalue weighted by Crippen LogP contribution is 2.30. The van der Waals surface area contributed by atoms with Crippen LogP contribution >= 0.6 is 0 Å². The number of alkyl halides is 3. The lowest BCUT2D eigenvalue weighted by Gasteiger charge is -2.10. The molecule has 3 rings (SSSR count). The molecule has 0 fully saturated rings. The highest BCUT2D eigenvalue weighted by molar-refractivity contribution is 6.04. The molecule has 0 aliphatic rings. The molecule has 0 aromatic heterocycles. The van der Waals surface area contributed by atoms with Crippen molar-refractivity contribution in [3.63, 3.8) is 0 Å². The van der Waals surface area contributed by atoms with Gasteiger partial charge in [0.15, 0.2) is 6.61 Å². The maximum Gasteiger partial charge on any atom is 0.416 e. The predicted octanol–water partition coefficient (Wildman–Crippen LogP) is 4.98. The Kier molecular flexibility index (Phi) is 6.36. The SMILES string of the molecule is O=C(COc1ccccc1)Nc1ccc(C(=O)Nc2cccc(C(F)(F)F)c2)cc1. The van der Waals surface area contributed by atoms with Crippen molar-refractivity contribution < 1.29 is 27.5 Å². The Hall–Kier alpha value is -3.81. The number of hydrogen-bond donors (Lipinski definition) is 2. The highest BCUT2D eigenvalue weighted by atomic mass is 19.4. The Morgan fingerprint density at radius 3 is 2.17 bits per heavy atom. The Balaban J connectivity index is 1.56. The van der Waals surface area contributed by atoms with Gasteiger partial charge in [0.2, 0.25) is 0 Å². The highest BCUT2D eigenvalue weighted by Gasteiger charge is 2.30. The largest absolute Gasteiger partial charge is 0.484 e. The molecule has 2 N–H and O–H groups in total. The van der Waals surface area contributed by atoms with E-state index in [0.717, 1.165) is 12.1 Å². The van der Waals surface area contributed by atoms with Gasteiger partial charge in [-0.05, 0) is 54.6 Å². The fourth-order valence-electron chi connectivity index (χ4n) is 2.54. The summed E-state index contributed by atoms with van der Waals surface area (Å²) >= 11 is 0. The Labute approximate surface area is 170 Å². The lowest BCUT2D eigenvalue weighted by Crippen LogP contribution is -2.20. The summed E-state index contributed by atoms with van der Waals surface area (Å²) in [6, 6.07) is 19.2. The van der Waals surface area contributed by atoms with Gasteiger partial charge in [-0.1, -0.05) is 24.3 Å². The molecule has 0 bridgehead atoms. The maximum atomic E-state index is 12.8. The van der Waals surface area contributed by atoms with Crippen molar-refractivity contribution in [1.82, 2.24) is 0 Å². The van der Waals surface area contributed by atoms with E-state index in [1.54, 1.807) is 24.3 Å². The maximum absolute atomic E-state index is 12.8. The average molecular weight is 414 g/mol. The molecule has 0 unspecified atom stereocenters. The van der Waals surface area contributed by atoms with Crippen LogP contribution in [0.2, 0.25) is 0 Å². The molecule has 0 aliphatic heterocycles. The molecule has 0 atom stereocenters. The quantitative estimate of drug-likeness (QED) is 0.598. The van der Waals surface area contributed by atoms with Crippen LogP contribution in [0.1, 0.15) is 15.9 Å². The van der Waals surface area contributed by atoms with Crippen molar-refractivity contribution in [2.24, 2.45) is 0 Å². The number of anilines is 2. The van der Waals surface area contributed by atoms with Crippen molar-refractivity contribution in [2.45, 2.75) is 6.18 Å². The zero-order chi connectivity index (χ0) is 21.6. The lowest BCUT2D eigenvalue weighted by molar-refractivity contribution is -0.137. The number of ether oxygens (including phenoxy) is 1. The number of hydrogen-bond acceptors (Lipinski definition) is 3. The zero-order valence-electron chi connectivity index (χ0n) is 15.6. The molecule has 3 aromatic carbocycles. The van der Waals surface area contributed by atoms with Gasteiger partial charge in [-0.3, -0.25) is 9.59 Å². The first-order valence-electron chi connectivity index (χ1n) is 8.87. The van der Waals surface area contributed by atoms with E-state index in [9.17, 15) is 22.8 Å². The number of carbonyl (C=O) groups excluding carboxylic acids is 2. The van der Waals surface area contributed by atoms with Crippen molar-refractivity contribution in [2.75, 3.05) is 17.2 Å². The second-order valence-electron chi connectivity index (χ2n) is 6.26. The minimum absolute atomic E-state index is 0.0327. The van der Waals surface area contributed by atoms with Crippen molar-refractivity contribution in [3.05, 3.63) is 90.0 Å². The van der Waals surface area contributed by atoms with Crippen LogP contribution in [-0.2, 0) is 11.0 Å². The van der Waals surface area contributed by atoms with Crippen LogP contribution in [0.5, 0.6) is 5.75 Å². The van der Waals surface area contributed by atoms with E-state index in [4.69, 9.17) is 4.74 Å². The molecular weight excluding hydrogens is 397 g/mol. The van der Waals surface area contributed by atoms with Crippen LogP contribution in [0.3, 0.4) is 0 Å². The third kappa shape index (κ3) is 5.84. The number of para-hydroxylation sites is 1. The molecule has 0 saturated heterocycles. The van der Waals surface area contributed by atoms with Gasteiger partial charge in [0.1, 0.15) is 5.75 Å². The number of halogens is 3. The number of carbonyl (C=O) groups is 2. The minimum Gasteiger partial charge on any atom is -0.484 e. The predicted molar refractivity (Wildman–Crippen MR) is 106 cm³/mol. The van der Waals surface area contributed by atoms with Gasteiger partial charge in [0.25, 0.3) is 11.8 Å². The monoisotopic (exact) mass is 414 g/mol. The minimum atomic E-state index is -4.50. The molecule has 0 saturated carbocycles. The van der Waals surface area contributed by atoms with E-state index in [-0.39, 0.29) is 23.8 Å². The topological polar surface area (TPSA) is 67.4 Å². The normalized spacial score (nSPS) is 10.9. The van der Waals surface area contributed by atoms with Crippen molar-refractivity contribution in [3.8, 4) is 5.75 Å². The van der Waals surface area contributed by atoms with Crippen molar-refractivity contribution >= 4 is 23.2 Å². The molecule has 8 heteroatoms. The van der Waals surface area contributed by atoms with E-state index in [1.165, 1.54) is 36.4 Å². The van der Waals surface area contributed by atoms with E-state index in [2.05, 4.69) is 10.6 Å². The van der Waals surface area contributed by atoms with Crippen LogP contribution in [0.4, 0.5) is 24.5 Å². The third-order valence-electron chi connectivity index (χ3n) is 3.99. The first kappa shape index (κ1) is 20.9. The van der Waals surface area contributed by atoms with Crippen LogP contribution in [0.25, 0.3) is 0 Å². The van der Waals surface area contributed by atoms with Gasteiger partial charge < -0.3 is 15.4 Å². The second kappa shape index (κ2) is 9.13. The van der Waals surface area contributed by atoms with E-state index < -0.39 is 17.6 Å². The summed E-state index contributed by atoms with van der Waals surface area (Å²) in [7, 11) is 0. The summed E-state index contributed by atoms with van der Waals surface area (Å²) in [4.78, 5) is 24.2. The molecule has 30 heavy (non-hydrogen) atoms. The molecule has 2 amide bonds. The van der Waals surface area contributed by atoms with Gasteiger partial charge in [0, 0.05) is 16.9 Å². The first-order chi connectivity index (χ1) is 14.3. The number of nitrogens with one attached hydrogen (secondary N) is 2. The van der Waals surface area contributed by atoms with Gasteiger partial charge in [-0.15, -0.1) is 0 Å². The smallest absolute Gasteiger partial charge is 0.416 e. The summed E-state index contributed by atoms with van der Waals surface area (Å²) < 4.78 is 43.7. The van der Waals surface area contributed by atoms with E-state index in [1.807, 2.05) is 6.07 Å². The molecule has 0 spiro atoms. The van der Waals surface area contributed by atoms with Gasteiger partial charge in [0.05, 0.1) is 5.56 Å². The molecule has 5 nitrogen and oxygen atoms in total. The van der Waals surface area contributed by atoms with E-state index >= 15 is 0 Å². The van der Waals surface area contributed by atoms with Gasteiger partial charge in [-0.25, -0.2) is 0 Å². The molecule has 0 aliphatic carbocycles. The fraction of sp³-hybridized carbons (Fsp3) is 0.0909. The summed E-state index contributed by atoms with van der Waals surface area (Å²) in [5, 5.41) is 5.05. The van der Waals surface area contributed by atoms with Gasteiger partial charge in [-0.2, -0.15) is 13.2 Å². The summed E-state index contributed by atoms with van der Waals surface area (Å²) in [6.45, 7) is -0.179. The first-order valence-corrected chi connectivity index (χ1v) is 8.87. The van der Waals surface area contributed by atoms with E-state index in [0.29, 0.717) is 11.4 Å². The molecular formula is C22H17F3N2O3. The Bertz CT molecular complexity index is 1020. The summed E-state index contributed by atoms with van der Waals surface area (Å²) in [5.74, 6) is -0.381. The number of rotatable bonds is 6. The summed E-state index contributed by atoms with van der Waals surface area (Å²) in [6.07, 6.45) is -4.50. The summed E-state index contributed by atoms with van der Waals surface area (Å²) in [5.41, 5.74) is -0.139.